The first-order valence-corrected chi connectivity index (χ1v) is 12.1. The van der Waals surface area contributed by atoms with Gasteiger partial charge in [-0.2, -0.15) is 0 Å². The Hall–Kier alpha value is -4.27. The molecule has 9 heteroatoms. The molecule has 0 radical (unpaired) electrons. The van der Waals surface area contributed by atoms with E-state index in [4.69, 9.17) is 0 Å². The SMILES string of the molecule is CC(=O)c1cccc(NC(=O)Cn2c(=O)c3c(ncn3C3CCCC3)n(Cc3ccccc3)c2=O)c1. The van der Waals surface area contributed by atoms with Gasteiger partial charge < -0.3 is 9.88 Å². The van der Waals surface area contributed by atoms with E-state index in [0.29, 0.717) is 22.4 Å². The zero-order valence-corrected chi connectivity index (χ0v) is 20.0. The van der Waals surface area contributed by atoms with Crippen molar-refractivity contribution in [2.45, 2.75) is 51.7 Å². The third-order valence-electron chi connectivity index (χ3n) is 6.70. The van der Waals surface area contributed by atoms with Crippen molar-refractivity contribution in [1.29, 1.82) is 0 Å². The lowest BCUT2D eigenvalue weighted by Crippen LogP contribution is -2.43. The van der Waals surface area contributed by atoms with Crippen LogP contribution < -0.4 is 16.6 Å². The number of benzene rings is 2. The summed E-state index contributed by atoms with van der Waals surface area (Å²) in [6.45, 7) is 1.21. The van der Waals surface area contributed by atoms with Crippen molar-refractivity contribution >= 4 is 28.5 Å². The number of nitrogens with zero attached hydrogens (tertiary/aromatic N) is 4. The second kappa shape index (κ2) is 9.77. The van der Waals surface area contributed by atoms with E-state index >= 15 is 0 Å². The van der Waals surface area contributed by atoms with Crippen LogP contribution in [0.3, 0.4) is 0 Å². The summed E-state index contributed by atoms with van der Waals surface area (Å²) < 4.78 is 4.31. The molecule has 0 unspecified atom stereocenters. The summed E-state index contributed by atoms with van der Waals surface area (Å²) in [6.07, 6.45) is 5.67. The molecule has 2 aromatic carbocycles. The zero-order valence-electron chi connectivity index (χ0n) is 20.0. The number of imidazole rings is 1. The highest BCUT2D eigenvalue weighted by atomic mass is 16.2. The number of hydrogen-bond donors (Lipinski definition) is 1. The maximum absolute atomic E-state index is 13.6. The molecule has 2 heterocycles. The fourth-order valence-corrected chi connectivity index (χ4v) is 4.87. The van der Waals surface area contributed by atoms with Crippen LogP contribution >= 0.6 is 0 Å². The minimum atomic E-state index is -0.597. The predicted octanol–water partition coefficient (Wildman–Crippen LogP) is 3.36. The number of carbonyl (C=O) groups excluding carboxylic acids is 2. The monoisotopic (exact) mass is 485 g/mol. The molecule has 184 valence electrons. The van der Waals surface area contributed by atoms with Crippen molar-refractivity contribution in [3.8, 4) is 0 Å². The molecule has 1 aliphatic carbocycles. The van der Waals surface area contributed by atoms with Gasteiger partial charge in [0.2, 0.25) is 5.91 Å². The van der Waals surface area contributed by atoms with Crippen molar-refractivity contribution in [2.75, 3.05) is 5.32 Å². The summed E-state index contributed by atoms with van der Waals surface area (Å²) in [4.78, 5) is 56.2. The number of carbonyl (C=O) groups is 2. The average molecular weight is 486 g/mol. The Labute approximate surface area is 207 Å². The van der Waals surface area contributed by atoms with Gasteiger partial charge in [0.1, 0.15) is 6.54 Å². The number of Topliss-reactive ketones (excluding diaryl/α,β-unsaturated/α-hetero) is 1. The summed E-state index contributed by atoms with van der Waals surface area (Å²) in [6, 6.07) is 16.1. The minimum absolute atomic E-state index is 0.128. The lowest BCUT2D eigenvalue weighted by molar-refractivity contribution is -0.116. The number of nitrogens with one attached hydrogen (secondary N) is 1. The lowest BCUT2D eigenvalue weighted by Gasteiger charge is -2.15. The van der Waals surface area contributed by atoms with E-state index in [2.05, 4.69) is 10.3 Å². The van der Waals surface area contributed by atoms with E-state index in [-0.39, 0.29) is 18.4 Å². The lowest BCUT2D eigenvalue weighted by atomic mass is 10.1. The topological polar surface area (TPSA) is 108 Å². The van der Waals surface area contributed by atoms with Crippen LogP contribution in [0.2, 0.25) is 0 Å². The molecule has 2 aromatic heterocycles. The second-order valence-electron chi connectivity index (χ2n) is 9.19. The Bertz CT molecular complexity index is 1560. The van der Waals surface area contributed by atoms with Crippen LogP contribution in [-0.4, -0.2) is 30.4 Å². The average Bonchev–Trinajstić information content (AvgIpc) is 3.55. The number of ketones is 1. The summed E-state index contributed by atoms with van der Waals surface area (Å²) in [7, 11) is 0. The van der Waals surface area contributed by atoms with Gasteiger partial charge in [0.05, 0.1) is 12.9 Å². The van der Waals surface area contributed by atoms with Gasteiger partial charge in [0.25, 0.3) is 5.56 Å². The van der Waals surface area contributed by atoms with Gasteiger partial charge >= 0.3 is 5.69 Å². The Kier molecular flexibility index (Phi) is 6.37. The Morgan fingerprint density at radius 1 is 1.00 bits per heavy atom. The molecule has 0 aliphatic heterocycles. The molecule has 0 bridgehead atoms. The Balaban J connectivity index is 1.57. The van der Waals surface area contributed by atoms with Crippen molar-refractivity contribution < 1.29 is 9.59 Å². The molecule has 0 saturated heterocycles. The fourth-order valence-electron chi connectivity index (χ4n) is 4.87. The number of rotatable bonds is 7. The van der Waals surface area contributed by atoms with E-state index < -0.39 is 23.7 Å². The zero-order chi connectivity index (χ0) is 25.2. The third-order valence-corrected chi connectivity index (χ3v) is 6.70. The molecule has 9 nitrogen and oxygen atoms in total. The van der Waals surface area contributed by atoms with E-state index in [1.165, 1.54) is 11.5 Å². The smallest absolute Gasteiger partial charge is 0.325 e. The molecule has 1 saturated carbocycles. The molecule has 0 spiro atoms. The standard InChI is InChI=1S/C27H27N5O4/c1-18(33)20-10-7-11-21(14-20)29-23(34)16-31-26(35)24-25(28-17-32(24)22-12-5-6-13-22)30(27(31)36)15-19-8-3-2-4-9-19/h2-4,7-11,14,17,22H,5-6,12-13,15-16H2,1H3,(H,29,34). The predicted molar refractivity (Wildman–Crippen MR) is 136 cm³/mol. The van der Waals surface area contributed by atoms with E-state index in [0.717, 1.165) is 35.8 Å². The normalized spacial score (nSPS) is 13.8. The highest BCUT2D eigenvalue weighted by molar-refractivity contribution is 5.97. The molecule has 1 N–H and O–H groups in total. The maximum Gasteiger partial charge on any atom is 0.333 e. The number of anilines is 1. The van der Waals surface area contributed by atoms with Crippen LogP contribution in [0.1, 0.15) is 54.6 Å². The van der Waals surface area contributed by atoms with Gasteiger partial charge in [-0.3, -0.25) is 19.0 Å². The molecule has 0 atom stereocenters. The first-order valence-electron chi connectivity index (χ1n) is 12.1. The van der Waals surface area contributed by atoms with Crippen LogP contribution in [-0.2, 0) is 17.9 Å². The molecular weight excluding hydrogens is 458 g/mol. The number of amides is 1. The van der Waals surface area contributed by atoms with Crippen molar-refractivity contribution in [3.05, 3.63) is 92.9 Å². The maximum atomic E-state index is 13.6. The highest BCUT2D eigenvalue weighted by Gasteiger charge is 2.25. The van der Waals surface area contributed by atoms with Crippen LogP contribution in [0.5, 0.6) is 0 Å². The van der Waals surface area contributed by atoms with Gasteiger partial charge in [-0.25, -0.2) is 14.3 Å². The van der Waals surface area contributed by atoms with Crippen LogP contribution in [0, 0.1) is 0 Å². The Morgan fingerprint density at radius 2 is 1.75 bits per heavy atom. The van der Waals surface area contributed by atoms with Crippen molar-refractivity contribution in [1.82, 2.24) is 18.7 Å². The quantitative estimate of drug-likeness (QED) is 0.404. The van der Waals surface area contributed by atoms with Crippen LogP contribution in [0.4, 0.5) is 5.69 Å². The second-order valence-corrected chi connectivity index (χ2v) is 9.19. The largest absolute Gasteiger partial charge is 0.333 e. The van der Waals surface area contributed by atoms with Crippen LogP contribution in [0.25, 0.3) is 11.2 Å². The Morgan fingerprint density at radius 3 is 2.47 bits per heavy atom. The number of aromatic nitrogens is 4. The molecule has 1 aliphatic rings. The van der Waals surface area contributed by atoms with Gasteiger partial charge in [-0.15, -0.1) is 0 Å². The molecule has 4 aromatic rings. The van der Waals surface area contributed by atoms with E-state index in [1.807, 2.05) is 34.9 Å². The fraction of sp³-hybridized carbons (Fsp3) is 0.296. The third kappa shape index (κ3) is 4.51. The minimum Gasteiger partial charge on any atom is -0.325 e. The first kappa shape index (κ1) is 23.5. The highest BCUT2D eigenvalue weighted by Crippen LogP contribution is 2.31. The summed E-state index contributed by atoms with van der Waals surface area (Å²) in [5.41, 5.74) is 1.29. The number of hydrogen-bond acceptors (Lipinski definition) is 5. The van der Waals surface area contributed by atoms with Gasteiger partial charge in [-0.05, 0) is 37.5 Å². The van der Waals surface area contributed by atoms with Crippen LogP contribution in [0.15, 0.2) is 70.5 Å². The number of fused-ring (bicyclic) bond motifs is 1. The van der Waals surface area contributed by atoms with Crippen molar-refractivity contribution in [3.63, 3.8) is 0 Å². The van der Waals surface area contributed by atoms with Crippen molar-refractivity contribution in [2.24, 2.45) is 0 Å². The molecule has 1 amide bonds. The van der Waals surface area contributed by atoms with E-state index in [9.17, 15) is 19.2 Å². The van der Waals surface area contributed by atoms with Gasteiger partial charge in [0.15, 0.2) is 16.9 Å². The molecule has 36 heavy (non-hydrogen) atoms. The molecule has 1 fully saturated rings. The molecular formula is C27H27N5O4. The van der Waals surface area contributed by atoms with E-state index in [1.54, 1.807) is 30.6 Å². The summed E-state index contributed by atoms with van der Waals surface area (Å²) in [5, 5.41) is 2.70. The van der Waals surface area contributed by atoms with Gasteiger partial charge in [-0.1, -0.05) is 55.3 Å². The summed E-state index contributed by atoms with van der Waals surface area (Å²) in [5.74, 6) is -0.663. The summed E-state index contributed by atoms with van der Waals surface area (Å²) >= 11 is 0. The van der Waals surface area contributed by atoms with Gasteiger partial charge in [0, 0.05) is 17.3 Å². The molecule has 5 rings (SSSR count). The first-order chi connectivity index (χ1) is 17.4.